The summed E-state index contributed by atoms with van der Waals surface area (Å²) in [6.07, 6.45) is 2.44. The van der Waals surface area contributed by atoms with E-state index in [9.17, 15) is 33.1 Å². The Balaban J connectivity index is 0.920. The van der Waals surface area contributed by atoms with E-state index >= 15 is 28.8 Å². The van der Waals surface area contributed by atoms with E-state index in [1.54, 1.807) is 130 Å². The van der Waals surface area contributed by atoms with Gasteiger partial charge in [-0.3, -0.25) is 43.2 Å². The number of phenolic OH excluding ortho intramolecular Hbond substituents is 1. The third-order valence-electron chi connectivity index (χ3n) is 22.6. The summed E-state index contributed by atoms with van der Waals surface area (Å²) in [4.78, 5) is 152. The summed E-state index contributed by atoms with van der Waals surface area (Å²) in [6.45, 7) is 13.2. The monoisotopic (exact) mass is 1660 g/mol. The Morgan fingerprint density at radius 1 is 0.554 bits per heavy atom. The Morgan fingerprint density at radius 3 is 1.44 bits per heavy atom. The van der Waals surface area contributed by atoms with Crippen molar-refractivity contribution >= 4 is 80.6 Å². The molecule has 0 spiro atoms. The number of hydrogen-bond donors (Lipinski definition) is 9. The first kappa shape index (κ1) is 87.7. The lowest BCUT2D eigenvalue weighted by molar-refractivity contribution is -0.146. The van der Waals surface area contributed by atoms with Crippen LogP contribution in [0.25, 0.3) is 21.5 Å². The maximum atomic E-state index is 15.9. The molecule has 0 unspecified atom stereocenters. The molecule has 2 saturated heterocycles. The van der Waals surface area contributed by atoms with Gasteiger partial charge in [0.15, 0.2) is 23.2 Å². The molecular formula is C89H104F2N16O14. The maximum absolute atomic E-state index is 15.9. The number of benzene rings is 7. The minimum absolute atomic E-state index is 0.0128. The molecule has 6 aliphatic heterocycles. The first-order valence-electron chi connectivity index (χ1n) is 40.5. The highest BCUT2D eigenvalue weighted by atomic mass is 19.1. The van der Waals surface area contributed by atoms with Crippen molar-refractivity contribution in [3.8, 4) is 17.2 Å². The maximum Gasteiger partial charge on any atom is 0.328 e. The molecule has 9 N–H and O–H groups in total. The Kier molecular flexibility index (Phi) is 27.7. The molecule has 2 aromatic heterocycles. The molecule has 8 bridgehead atoms. The van der Waals surface area contributed by atoms with Gasteiger partial charge in [0.1, 0.15) is 72.4 Å². The van der Waals surface area contributed by atoms with Gasteiger partial charge in [0, 0.05) is 44.8 Å². The molecule has 121 heavy (non-hydrogen) atoms. The Morgan fingerprint density at radius 2 is 0.992 bits per heavy atom. The van der Waals surface area contributed by atoms with Crippen LogP contribution in [-0.2, 0) is 98.1 Å². The van der Waals surface area contributed by atoms with Crippen LogP contribution in [0, 0.1) is 28.4 Å². The van der Waals surface area contributed by atoms with Gasteiger partial charge in [-0.1, -0.05) is 161 Å². The van der Waals surface area contributed by atoms with Crippen molar-refractivity contribution in [3.63, 3.8) is 0 Å². The highest BCUT2D eigenvalue weighted by molar-refractivity contribution is 5.99. The van der Waals surface area contributed by atoms with Crippen LogP contribution < -0.4 is 52.0 Å². The van der Waals surface area contributed by atoms with Crippen molar-refractivity contribution in [2.75, 3.05) is 34.3 Å². The zero-order valence-electron chi connectivity index (χ0n) is 69.5. The summed E-state index contributed by atoms with van der Waals surface area (Å²) in [5, 5.41) is 54.6. The number of nitrogens with one attached hydrogen (secondary N) is 8. The summed E-state index contributed by atoms with van der Waals surface area (Å²) in [7, 11) is 4.40. The number of nitrogens with zero attached hydrogens (tertiary/aromatic N) is 8. The van der Waals surface area contributed by atoms with Crippen LogP contribution in [0.4, 0.5) is 8.78 Å². The fourth-order valence-corrected chi connectivity index (χ4v) is 15.5. The van der Waals surface area contributed by atoms with Gasteiger partial charge >= 0.3 is 5.97 Å². The topological polar surface area (TPSA) is 383 Å². The number of rotatable bonds is 16. The number of amides is 8. The van der Waals surface area contributed by atoms with E-state index in [0.29, 0.717) is 39.4 Å². The fraction of sp³-hybridized carbons (Fsp3) is 0.416. The number of carbonyl (C=O) groups is 10. The van der Waals surface area contributed by atoms with Gasteiger partial charge in [-0.2, -0.15) is 0 Å². The quantitative estimate of drug-likeness (QED) is 0.0455. The van der Waals surface area contributed by atoms with E-state index in [0.717, 1.165) is 33.7 Å². The van der Waals surface area contributed by atoms with E-state index in [-0.39, 0.29) is 76.1 Å². The molecule has 8 amide bonds. The number of methoxy groups -OCH3 is 1. The summed E-state index contributed by atoms with van der Waals surface area (Å²) in [5.74, 6) is -10.9. The van der Waals surface area contributed by atoms with Gasteiger partial charge < -0.3 is 71.7 Å². The number of hydrogen-bond acceptors (Lipinski definition) is 20. The van der Waals surface area contributed by atoms with Crippen LogP contribution in [0.5, 0.6) is 17.2 Å². The van der Waals surface area contributed by atoms with Gasteiger partial charge in [-0.15, -0.1) is 10.2 Å². The normalized spacial score (nSPS) is 20.8. The molecule has 12 atom stereocenters. The van der Waals surface area contributed by atoms with Crippen molar-refractivity contribution in [3.05, 3.63) is 209 Å². The molecule has 2 fully saturated rings. The van der Waals surface area contributed by atoms with Crippen molar-refractivity contribution in [1.29, 1.82) is 0 Å². The van der Waals surface area contributed by atoms with E-state index in [4.69, 9.17) is 14.2 Å². The number of ketones is 1. The van der Waals surface area contributed by atoms with Gasteiger partial charge in [-0.25, -0.2) is 22.9 Å². The lowest BCUT2D eigenvalue weighted by atomic mass is 9.85. The largest absolute Gasteiger partial charge is 0.503 e. The van der Waals surface area contributed by atoms with Crippen LogP contribution >= 0.6 is 0 Å². The number of fused-ring (bicyclic) bond motifs is 2. The lowest BCUT2D eigenvalue weighted by Crippen LogP contribution is -2.61. The molecule has 8 heterocycles. The number of ether oxygens (including phenoxy) is 3. The molecule has 638 valence electrons. The second kappa shape index (κ2) is 38.2. The molecule has 0 saturated carbocycles. The predicted octanol–water partition coefficient (Wildman–Crippen LogP) is 6.68. The van der Waals surface area contributed by atoms with Crippen LogP contribution in [0.3, 0.4) is 0 Å². The number of Topliss-reactive ketones (excluding diaryl/α,β-unsaturated/α-hetero) is 1. The third-order valence-corrected chi connectivity index (χ3v) is 22.6. The number of aromatic nitrogens is 6. The average Bonchev–Trinajstić information content (AvgIpc) is 1.62. The summed E-state index contributed by atoms with van der Waals surface area (Å²) >= 11 is 0. The second-order valence-corrected chi connectivity index (χ2v) is 33.4. The van der Waals surface area contributed by atoms with Crippen LogP contribution in [-0.4, -0.2) is 193 Å². The zero-order valence-corrected chi connectivity index (χ0v) is 69.5. The highest BCUT2D eigenvalue weighted by Crippen LogP contribution is 2.36. The molecule has 30 nitrogen and oxygen atoms in total. The molecule has 0 aliphatic carbocycles. The first-order valence-corrected chi connectivity index (χ1v) is 40.5. The Bertz CT molecular complexity index is 5280. The van der Waals surface area contributed by atoms with Gasteiger partial charge in [0.25, 0.3) is 0 Å². The van der Waals surface area contributed by atoms with Crippen LogP contribution in [0.2, 0.25) is 0 Å². The molecule has 7 aromatic carbocycles. The summed E-state index contributed by atoms with van der Waals surface area (Å²) < 4.78 is 50.5. The molecule has 32 heteroatoms. The SMILES string of the molecule is CN[C@@H](C)C(=O)N[C@H](C(=O)N1CC[C@@H]2[C@H]1C(=O)N[C@@H](Cc1ccc3ccccc3c1)C(=O)C[C@H](C(=O)NCc1cc(F)c(O)c(F)c1)Cc1ccc(cc1)OCc1cn(nn1)[C@@H]1CCN(C(=O)[C@@H](NC(=O)[C@H](C)NC)C(C)(C)C)[C@@H]1C(=O)N[C@@H](Cc1ccc3ccccc3c1)C(=O)N[C@H](C(=O)OC)Cc1ccc(cc1)OCc1cn2nn1)C(C)(C)C. The molecule has 15 rings (SSSR count). The summed E-state index contributed by atoms with van der Waals surface area (Å²) in [5.41, 5.74) is 1.04. The molecule has 6 aliphatic rings. The number of halogens is 2. The van der Waals surface area contributed by atoms with E-state index in [1.807, 2.05) is 84.9 Å². The molecular weight excluding hydrogens is 1560 g/mol. The van der Waals surface area contributed by atoms with Gasteiger partial charge in [0.2, 0.25) is 47.3 Å². The number of phenols is 1. The standard InChI is InChI=1S/C89H104F2N16O14/c1-50(92-9)79(110)98-77(88(3,4)5)85(116)104-34-32-71-74(104)83(114)95-68(42-54-20-26-57-16-12-14-18-59(57)37-54)73(108)44-61(81(112)94-45-56-39-66(90)76(109)67(91)40-56)36-52-22-28-64(29-23-52)120-48-63-47-107(103-101-63)72-33-35-105(86(117)78(89(6,7)8)99-80(111)51(2)93-10)75(72)84(115)96-69(43-55-21-27-58-17-13-15-19-60(58)38-55)82(113)97-70(87(118)119-11)41-53-24-30-65(31-25-53)121-49-62-46-106(71)102-100-62/h12-31,37-40,46-47,50-51,61,68-72,74-75,77-78,92-93,109H,32-36,41-45,48-49H2,1-11H3,(H,94,112)(H,95,114)(H,96,115)(H,97,113)(H,98,110)(H,99,111)/t50-,51-,61+,68-,69-,70-,71+,72+,74-,75-,77+,78+/m0/s1. The smallest absolute Gasteiger partial charge is 0.328 e. The Hall–Kier alpha value is -12.6. The zero-order chi connectivity index (χ0) is 86.7. The van der Waals surface area contributed by atoms with Crippen molar-refractivity contribution in [2.45, 2.75) is 187 Å². The van der Waals surface area contributed by atoms with Crippen molar-refractivity contribution < 1.29 is 76.0 Å². The number of aromatic hydroxyl groups is 1. The van der Waals surface area contributed by atoms with Crippen molar-refractivity contribution in [1.82, 2.24) is 82.3 Å². The third kappa shape index (κ3) is 21.4. The Labute approximate surface area is 699 Å². The first-order chi connectivity index (χ1) is 57.7. The van der Waals surface area contributed by atoms with E-state index in [1.165, 1.54) is 26.3 Å². The molecule has 0 radical (unpaired) electrons. The van der Waals surface area contributed by atoms with Crippen LogP contribution in [0.15, 0.2) is 158 Å². The van der Waals surface area contributed by atoms with E-state index in [2.05, 4.69) is 63.2 Å². The van der Waals surface area contributed by atoms with Gasteiger partial charge in [-0.05, 0) is 150 Å². The number of carbonyl (C=O) groups excluding carboxylic acids is 10. The number of likely N-dealkylation sites (tertiary alicyclic amines) is 2. The fourth-order valence-electron chi connectivity index (χ4n) is 15.5. The van der Waals surface area contributed by atoms with Gasteiger partial charge in [0.05, 0.1) is 49.7 Å². The lowest BCUT2D eigenvalue weighted by Gasteiger charge is -2.37. The second-order valence-electron chi connectivity index (χ2n) is 33.4. The average molecular weight is 1660 g/mol. The minimum atomic E-state index is -1.42. The van der Waals surface area contributed by atoms with Crippen molar-refractivity contribution in [2.24, 2.45) is 16.7 Å². The highest BCUT2D eigenvalue weighted by Gasteiger charge is 2.51. The van der Waals surface area contributed by atoms with E-state index < -0.39 is 173 Å². The summed E-state index contributed by atoms with van der Waals surface area (Å²) in [6, 6.07) is 28.8. The minimum Gasteiger partial charge on any atom is -0.503 e. The predicted molar refractivity (Wildman–Crippen MR) is 443 cm³/mol. The number of likely N-dealkylation sites (N-methyl/N-ethyl adjacent to an activating group) is 2. The number of esters is 1. The van der Waals surface area contributed by atoms with Crippen LogP contribution in [0.1, 0.15) is 126 Å². The molecule has 9 aromatic rings.